The van der Waals surface area contributed by atoms with Crippen molar-refractivity contribution < 1.29 is 88.6 Å². The minimum atomic E-state index is -2.70. The van der Waals surface area contributed by atoms with Crippen LogP contribution in [-0.4, -0.2) is 101 Å². The minimum absolute atomic E-state index is 0.0954. The molecule has 3 aromatic carbocycles. The molecule has 0 aliphatic rings. The van der Waals surface area contributed by atoms with Crippen LogP contribution in [-0.2, 0) is 47.7 Å². The van der Waals surface area contributed by atoms with Gasteiger partial charge >= 0.3 is 35.8 Å². The van der Waals surface area contributed by atoms with Gasteiger partial charge in [0.15, 0.2) is 46.7 Å². The van der Waals surface area contributed by atoms with Gasteiger partial charge < -0.3 is 59.8 Å². The molecule has 18 nitrogen and oxygen atoms in total. The summed E-state index contributed by atoms with van der Waals surface area (Å²) >= 11 is 0. The number of hydrogen-bond acceptors (Lipinski definition) is 16. The Morgan fingerprint density at radius 3 is 1.07 bits per heavy atom. The van der Waals surface area contributed by atoms with Crippen molar-refractivity contribution >= 4 is 54.0 Å². The predicted molar refractivity (Wildman–Crippen MR) is 186 cm³/mol. The quantitative estimate of drug-likeness (QED) is 0.0450. The third kappa shape index (κ3) is 12.3. The Morgan fingerprint density at radius 1 is 0.473 bits per heavy atom. The summed E-state index contributed by atoms with van der Waals surface area (Å²) in [6.07, 6.45) is -5.47. The number of hydrogen-bond donors (Lipinski definition) is 8. The Balaban J connectivity index is 2.12. The van der Waals surface area contributed by atoms with E-state index < -0.39 is 101 Å². The summed E-state index contributed by atoms with van der Waals surface area (Å²) in [5.74, 6) is -13.9. The second kappa shape index (κ2) is 18.8. The topological polar surface area (TPSA) is 301 Å². The molecule has 4 atom stereocenters. The molecule has 18 heteroatoms. The van der Waals surface area contributed by atoms with Crippen molar-refractivity contribution in [2.24, 2.45) is 5.92 Å². The van der Waals surface area contributed by atoms with E-state index in [9.17, 15) is 69.6 Å². The fourth-order valence-corrected chi connectivity index (χ4v) is 4.32. The van der Waals surface area contributed by atoms with Crippen LogP contribution < -0.4 is 0 Å². The first-order valence-electron chi connectivity index (χ1n) is 15.7. The first kappa shape index (κ1) is 41.9. The SMILES string of the molecule is CC(C)C(=O)OC(C(=O)O)C(OC(=O)/C=C/c1ccc(O)c(O)c1)C(OC(=O)/C=C/c1ccc(O)c(O)c1)C(OC(=O)/C=C/c1ccc(O)c(O)c1)C(=O)O. The monoisotopic (exact) mass is 766 g/mol. The minimum Gasteiger partial charge on any atom is -0.504 e. The second-order valence-electron chi connectivity index (χ2n) is 11.6. The maximum absolute atomic E-state index is 13.2. The lowest BCUT2D eigenvalue weighted by atomic mass is 10.0. The number of esters is 4. The summed E-state index contributed by atoms with van der Waals surface area (Å²) in [6, 6.07) is 10.0. The summed E-state index contributed by atoms with van der Waals surface area (Å²) in [5, 5.41) is 78.3. The molecule has 0 saturated heterocycles. The van der Waals surface area contributed by atoms with Crippen LogP contribution in [0.4, 0.5) is 0 Å². The van der Waals surface area contributed by atoms with Crippen molar-refractivity contribution in [1.29, 1.82) is 0 Å². The van der Waals surface area contributed by atoms with Crippen molar-refractivity contribution in [3.8, 4) is 34.5 Å². The van der Waals surface area contributed by atoms with Crippen LogP contribution in [0.3, 0.4) is 0 Å². The average Bonchev–Trinajstić information content (AvgIpc) is 3.12. The molecule has 55 heavy (non-hydrogen) atoms. The zero-order valence-electron chi connectivity index (χ0n) is 28.7. The first-order valence-corrected chi connectivity index (χ1v) is 15.7. The number of carboxylic acids is 2. The number of carbonyl (C=O) groups is 6. The molecule has 0 fully saturated rings. The maximum atomic E-state index is 13.2. The average molecular weight is 767 g/mol. The van der Waals surface area contributed by atoms with Gasteiger partial charge in [-0.3, -0.25) is 4.79 Å². The summed E-state index contributed by atoms with van der Waals surface area (Å²) < 4.78 is 20.6. The van der Waals surface area contributed by atoms with Gasteiger partial charge in [0.2, 0.25) is 12.2 Å². The van der Waals surface area contributed by atoms with E-state index in [-0.39, 0.29) is 16.7 Å². The third-order valence-corrected chi connectivity index (χ3v) is 7.10. The van der Waals surface area contributed by atoms with E-state index in [1.807, 2.05) is 0 Å². The maximum Gasteiger partial charge on any atom is 0.349 e. The number of carbonyl (C=O) groups excluding carboxylic acids is 4. The molecular formula is C37H34O18. The van der Waals surface area contributed by atoms with E-state index >= 15 is 0 Å². The van der Waals surface area contributed by atoms with Gasteiger partial charge in [0.1, 0.15) is 0 Å². The van der Waals surface area contributed by atoms with Gasteiger partial charge in [-0.25, -0.2) is 24.0 Å². The number of carboxylic acid groups (broad SMARTS) is 2. The number of rotatable bonds is 16. The van der Waals surface area contributed by atoms with Gasteiger partial charge in [-0.2, -0.15) is 0 Å². The third-order valence-electron chi connectivity index (χ3n) is 7.10. The molecule has 0 heterocycles. The van der Waals surface area contributed by atoms with E-state index in [1.54, 1.807) is 0 Å². The lowest BCUT2D eigenvalue weighted by molar-refractivity contribution is -0.205. The van der Waals surface area contributed by atoms with Crippen molar-refractivity contribution in [3.63, 3.8) is 0 Å². The molecule has 0 aliphatic heterocycles. The van der Waals surface area contributed by atoms with Crippen LogP contribution >= 0.6 is 0 Å². The molecule has 0 spiro atoms. The highest BCUT2D eigenvalue weighted by molar-refractivity contribution is 5.91. The highest BCUT2D eigenvalue weighted by atomic mass is 16.6. The highest BCUT2D eigenvalue weighted by Crippen LogP contribution is 2.28. The van der Waals surface area contributed by atoms with Gasteiger partial charge in [0.25, 0.3) is 0 Å². The fourth-order valence-electron chi connectivity index (χ4n) is 4.32. The van der Waals surface area contributed by atoms with Crippen molar-refractivity contribution in [1.82, 2.24) is 0 Å². The predicted octanol–water partition coefficient (Wildman–Crippen LogP) is 2.83. The van der Waals surface area contributed by atoms with Crippen LogP contribution in [0.15, 0.2) is 72.8 Å². The molecule has 8 N–H and O–H groups in total. The number of ether oxygens (including phenoxy) is 4. The molecular weight excluding hydrogens is 732 g/mol. The molecule has 0 saturated carbocycles. The van der Waals surface area contributed by atoms with Gasteiger partial charge in [0, 0.05) is 18.2 Å². The zero-order chi connectivity index (χ0) is 41.0. The molecule has 0 bridgehead atoms. The molecule has 3 aromatic rings. The highest BCUT2D eigenvalue weighted by Gasteiger charge is 2.50. The number of benzene rings is 3. The molecule has 0 radical (unpaired) electrons. The van der Waals surface area contributed by atoms with Crippen LogP contribution in [0.5, 0.6) is 34.5 Å². The Hall–Kier alpha value is -7.50. The second-order valence-corrected chi connectivity index (χ2v) is 11.6. The Bertz CT molecular complexity index is 2030. The number of phenols is 6. The van der Waals surface area contributed by atoms with Gasteiger partial charge in [0.05, 0.1) is 5.92 Å². The lowest BCUT2D eigenvalue weighted by Crippen LogP contribution is -2.56. The molecule has 4 unspecified atom stereocenters. The fraction of sp³-hybridized carbons (Fsp3) is 0.189. The molecule has 0 aromatic heterocycles. The molecule has 0 amide bonds. The molecule has 0 aliphatic carbocycles. The van der Waals surface area contributed by atoms with Crippen LogP contribution in [0.25, 0.3) is 18.2 Å². The summed E-state index contributed by atoms with van der Waals surface area (Å²) in [5.41, 5.74) is 0.307. The standard InChI is InChI=1S/C37H34O18/c1-18(2)37(51)55-34(36(49)50)32(53-29(45)13-7-20-4-10-23(39)26(42)16-20)31(52-28(44)12-6-19-3-9-22(38)25(41)15-19)33(35(47)48)54-30(46)14-8-21-5-11-24(40)27(43)17-21/h3-18,31-34,38-43H,1-2H3,(H,47,48)(H,49,50)/b12-6+,13-7+,14-8+. The Morgan fingerprint density at radius 2 is 0.782 bits per heavy atom. The van der Waals surface area contributed by atoms with E-state index in [4.69, 9.17) is 18.9 Å². The summed E-state index contributed by atoms with van der Waals surface area (Å²) in [6.45, 7) is 2.62. The Labute approximate surface area is 310 Å². The van der Waals surface area contributed by atoms with Crippen molar-refractivity contribution in [3.05, 3.63) is 89.5 Å². The van der Waals surface area contributed by atoms with Crippen LogP contribution in [0.2, 0.25) is 0 Å². The van der Waals surface area contributed by atoms with Gasteiger partial charge in [-0.05, 0) is 71.3 Å². The normalized spacial score (nSPS) is 13.6. The zero-order valence-corrected chi connectivity index (χ0v) is 28.7. The number of phenolic OH excluding ortho intramolecular Hbond substituents is 6. The van der Waals surface area contributed by atoms with E-state index in [0.717, 1.165) is 54.6 Å². The van der Waals surface area contributed by atoms with E-state index in [2.05, 4.69) is 0 Å². The van der Waals surface area contributed by atoms with Crippen LogP contribution in [0.1, 0.15) is 30.5 Å². The number of aliphatic carboxylic acids is 2. The van der Waals surface area contributed by atoms with Crippen molar-refractivity contribution in [2.75, 3.05) is 0 Å². The van der Waals surface area contributed by atoms with E-state index in [1.165, 1.54) is 32.0 Å². The molecule has 290 valence electrons. The lowest BCUT2D eigenvalue weighted by Gasteiger charge is -2.32. The largest absolute Gasteiger partial charge is 0.504 e. The molecule has 3 rings (SSSR count). The van der Waals surface area contributed by atoms with Gasteiger partial charge in [-0.15, -0.1) is 0 Å². The summed E-state index contributed by atoms with van der Waals surface area (Å²) in [4.78, 5) is 77.1. The van der Waals surface area contributed by atoms with E-state index in [0.29, 0.717) is 18.2 Å². The number of aromatic hydroxyl groups is 6. The van der Waals surface area contributed by atoms with Crippen molar-refractivity contribution in [2.45, 2.75) is 38.3 Å². The smallest absolute Gasteiger partial charge is 0.349 e. The summed E-state index contributed by atoms with van der Waals surface area (Å²) in [7, 11) is 0. The Kier molecular flexibility index (Phi) is 14.4. The first-order chi connectivity index (χ1) is 25.9. The van der Waals surface area contributed by atoms with Crippen LogP contribution in [0, 0.1) is 5.92 Å². The van der Waals surface area contributed by atoms with Gasteiger partial charge in [-0.1, -0.05) is 32.0 Å².